The Morgan fingerprint density at radius 1 is 0.511 bits per heavy atom. The Hall–Kier alpha value is -5.06. The maximum atomic E-state index is 13.3. The molecule has 1 aromatic heterocycles. The van der Waals surface area contributed by atoms with Gasteiger partial charge < -0.3 is 5.32 Å². The Bertz CT molecular complexity index is 1980. The first kappa shape index (κ1) is 29.3. The van der Waals surface area contributed by atoms with Gasteiger partial charge in [-0.15, -0.1) is 11.3 Å². The third kappa shape index (κ3) is 5.53. The largest absolute Gasteiger partial charge is 0.362 e. The molecule has 2 aliphatic carbocycles. The minimum atomic E-state index is -0.258. The van der Waals surface area contributed by atoms with Crippen molar-refractivity contribution in [1.29, 1.82) is 0 Å². The van der Waals surface area contributed by atoms with E-state index in [9.17, 15) is 9.59 Å². The van der Waals surface area contributed by atoms with Crippen molar-refractivity contribution in [3.8, 4) is 10.4 Å². The molecule has 0 amide bonds. The summed E-state index contributed by atoms with van der Waals surface area (Å²) in [5, 5.41) is 3.54. The van der Waals surface area contributed by atoms with Gasteiger partial charge in [-0.05, 0) is 76.8 Å². The summed E-state index contributed by atoms with van der Waals surface area (Å²) in [4.78, 5) is 28.9. The number of carbonyl (C=O) groups excluding carboxylic acids is 2. The van der Waals surface area contributed by atoms with E-state index in [1.165, 1.54) is 22.3 Å². The van der Waals surface area contributed by atoms with Crippen molar-refractivity contribution in [2.24, 2.45) is 0 Å². The van der Waals surface area contributed by atoms with E-state index in [1.54, 1.807) is 11.3 Å². The maximum Gasteiger partial charge on any atom is 0.161 e. The quantitative estimate of drug-likeness (QED) is 0.190. The number of Topliss-reactive ketones (excluding diaryl/α,β-unsaturated/α-hetero) is 2. The molecule has 1 N–H and O–H groups in total. The van der Waals surface area contributed by atoms with Crippen molar-refractivity contribution in [3.05, 3.63) is 177 Å². The van der Waals surface area contributed by atoms with Gasteiger partial charge in [0, 0.05) is 45.1 Å². The highest BCUT2D eigenvalue weighted by atomic mass is 32.1. The third-order valence-electron chi connectivity index (χ3n) is 9.60. The van der Waals surface area contributed by atoms with Crippen molar-refractivity contribution < 1.29 is 9.59 Å². The number of carbonyl (C=O) groups is 2. The van der Waals surface area contributed by atoms with Crippen LogP contribution in [0.5, 0.6) is 0 Å². The van der Waals surface area contributed by atoms with Crippen LogP contribution in [0.1, 0.15) is 71.6 Å². The van der Waals surface area contributed by atoms with Gasteiger partial charge in [-0.1, -0.05) is 115 Å². The predicted octanol–water partition coefficient (Wildman–Crippen LogP) is 10.1. The molecule has 0 bridgehead atoms. The first-order valence-corrected chi connectivity index (χ1v) is 17.4. The number of rotatable bonds is 6. The van der Waals surface area contributed by atoms with Gasteiger partial charge in [0.2, 0.25) is 0 Å². The molecular weight excluding hydrogens is 595 g/mol. The summed E-state index contributed by atoms with van der Waals surface area (Å²) in [5.41, 5.74) is 11.9. The van der Waals surface area contributed by atoms with Crippen LogP contribution in [-0.2, 0) is 9.59 Å². The lowest BCUT2D eigenvalue weighted by atomic mass is 9.74. The fourth-order valence-corrected chi connectivity index (χ4v) is 8.59. The van der Waals surface area contributed by atoms with Gasteiger partial charge in [0.15, 0.2) is 11.6 Å². The fourth-order valence-electron chi connectivity index (χ4n) is 7.46. The molecule has 0 unspecified atom stereocenters. The molecule has 0 atom stereocenters. The van der Waals surface area contributed by atoms with Crippen LogP contribution in [0, 0.1) is 0 Å². The number of hydrogen-bond donors (Lipinski definition) is 1. The summed E-state index contributed by atoms with van der Waals surface area (Å²) in [5.74, 6) is 0.105. The topological polar surface area (TPSA) is 46.2 Å². The van der Waals surface area contributed by atoms with Gasteiger partial charge in [-0.3, -0.25) is 9.59 Å². The van der Waals surface area contributed by atoms with Gasteiger partial charge in [-0.2, -0.15) is 0 Å². The van der Waals surface area contributed by atoms with Crippen molar-refractivity contribution in [1.82, 2.24) is 5.32 Å². The maximum absolute atomic E-state index is 13.3. The van der Waals surface area contributed by atoms with Crippen molar-refractivity contribution in [3.63, 3.8) is 0 Å². The standard InChI is InChI=1S/C43H35NO2S/c45-35-20-10-18-33-41(35)43(42-34(44-33)19-11-21-36(42)46)38-27-26-37(47-38)28-22-24-32(25-23-28)40(31-16-8-3-9-17-31)39(29-12-4-1-5-13-29)30-14-6-2-7-15-30/h1-9,12-17,22-27,43-44H,10-11,18-21H2. The third-order valence-corrected chi connectivity index (χ3v) is 10.8. The first-order chi connectivity index (χ1) is 23.2. The summed E-state index contributed by atoms with van der Waals surface area (Å²) < 4.78 is 0. The number of benzene rings is 4. The second-order valence-corrected chi connectivity index (χ2v) is 13.6. The van der Waals surface area contributed by atoms with Crippen LogP contribution < -0.4 is 5.32 Å². The summed E-state index contributed by atoms with van der Waals surface area (Å²) in [6.07, 6.45) is 4.58. The van der Waals surface area contributed by atoms with Crippen LogP contribution in [0.15, 0.2) is 150 Å². The highest BCUT2D eigenvalue weighted by molar-refractivity contribution is 7.15. The number of ketones is 2. The molecule has 0 saturated heterocycles. The fraction of sp³-hybridized carbons (Fsp3) is 0.163. The highest BCUT2D eigenvalue weighted by Gasteiger charge is 2.40. The molecule has 4 aromatic carbocycles. The summed E-state index contributed by atoms with van der Waals surface area (Å²) in [6.45, 7) is 0. The molecule has 3 nitrogen and oxygen atoms in total. The number of dihydropyridines is 1. The van der Waals surface area contributed by atoms with E-state index < -0.39 is 0 Å². The van der Waals surface area contributed by atoms with Crippen molar-refractivity contribution >= 4 is 34.0 Å². The van der Waals surface area contributed by atoms with Crippen LogP contribution >= 0.6 is 11.3 Å². The SMILES string of the molecule is O=C1CCCC2=C1C(c1ccc(-c3ccc(C(=C(c4ccccc4)c4ccccc4)c4ccccc4)cc3)s1)C1=C(CCCC1=O)N2. The van der Waals surface area contributed by atoms with Crippen LogP contribution in [0.25, 0.3) is 21.6 Å². The highest BCUT2D eigenvalue weighted by Crippen LogP contribution is 2.48. The second kappa shape index (κ2) is 12.6. The average Bonchev–Trinajstić information content (AvgIpc) is 3.61. The normalized spacial score (nSPS) is 16.4. The number of allylic oxidation sites excluding steroid dienone is 4. The second-order valence-electron chi connectivity index (χ2n) is 12.5. The summed E-state index contributed by atoms with van der Waals surface area (Å²) >= 11 is 1.71. The molecule has 0 saturated carbocycles. The lowest BCUT2D eigenvalue weighted by molar-refractivity contribution is -0.116. The van der Waals surface area contributed by atoms with Gasteiger partial charge >= 0.3 is 0 Å². The van der Waals surface area contributed by atoms with Crippen LogP contribution in [0.4, 0.5) is 0 Å². The zero-order valence-corrected chi connectivity index (χ0v) is 27.0. The van der Waals surface area contributed by atoms with Gasteiger partial charge in [-0.25, -0.2) is 0 Å². The number of thiophene rings is 1. The van der Waals surface area contributed by atoms with Crippen LogP contribution in [0.3, 0.4) is 0 Å². The molecule has 5 aromatic rings. The number of hydrogen-bond acceptors (Lipinski definition) is 4. The average molecular weight is 630 g/mol. The van der Waals surface area contributed by atoms with E-state index in [0.717, 1.165) is 74.7 Å². The van der Waals surface area contributed by atoms with E-state index in [1.807, 2.05) is 0 Å². The molecular formula is C43H35NO2S. The Morgan fingerprint density at radius 3 is 1.43 bits per heavy atom. The van der Waals surface area contributed by atoms with Crippen molar-refractivity contribution in [2.45, 2.75) is 44.4 Å². The Morgan fingerprint density at radius 2 is 0.957 bits per heavy atom. The lowest BCUT2D eigenvalue weighted by Gasteiger charge is -2.36. The van der Waals surface area contributed by atoms with E-state index in [0.29, 0.717) is 12.8 Å². The molecule has 8 rings (SSSR count). The zero-order chi connectivity index (χ0) is 31.7. The van der Waals surface area contributed by atoms with Crippen LogP contribution in [-0.4, -0.2) is 11.6 Å². The zero-order valence-electron chi connectivity index (χ0n) is 26.2. The van der Waals surface area contributed by atoms with E-state index >= 15 is 0 Å². The molecule has 2 heterocycles. The number of nitrogens with one attached hydrogen (secondary N) is 1. The Labute approximate surface area is 280 Å². The summed E-state index contributed by atoms with van der Waals surface area (Å²) in [7, 11) is 0. The van der Waals surface area contributed by atoms with Gasteiger partial charge in [0.1, 0.15) is 0 Å². The smallest absolute Gasteiger partial charge is 0.161 e. The van der Waals surface area contributed by atoms with Gasteiger partial charge in [0.25, 0.3) is 0 Å². The van der Waals surface area contributed by atoms with Crippen molar-refractivity contribution in [2.75, 3.05) is 0 Å². The molecule has 0 radical (unpaired) electrons. The summed E-state index contributed by atoms with van der Waals surface area (Å²) in [6, 6.07) is 45.0. The molecule has 1 aliphatic heterocycles. The predicted molar refractivity (Wildman–Crippen MR) is 192 cm³/mol. The molecule has 4 heteroatoms. The van der Waals surface area contributed by atoms with Gasteiger partial charge in [0.05, 0.1) is 5.92 Å². The Balaban J connectivity index is 1.21. The molecule has 3 aliphatic rings. The van der Waals surface area contributed by atoms with E-state index in [4.69, 9.17) is 0 Å². The Kier molecular flexibility index (Phi) is 7.88. The lowest BCUT2D eigenvalue weighted by Crippen LogP contribution is -2.35. The molecule has 0 fully saturated rings. The van der Waals surface area contributed by atoms with E-state index in [2.05, 4.69) is 133 Å². The van der Waals surface area contributed by atoms with E-state index in [-0.39, 0.29) is 17.5 Å². The van der Waals surface area contributed by atoms with Crippen LogP contribution in [0.2, 0.25) is 0 Å². The minimum Gasteiger partial charge on any atom is -0.362 e. The molecule has 230 valence electrons. The first-order valence-electron chi connectivity index (χ1n) is 16.6. The molecule has 47 heavy (non-hydrogen) atoms. The minimum absolute atomic E-state index is 0.181. The monoisotopic (exact) mass is 629 g/mol. The molecule has 0 spiro atoms.